The Morgan fingerprint density at radius 2 is 1.93 bits per heavy atom. The third-order valence-corrected chi connectivity index (χ3v) is 3.08. The van der Waals surface area contributed by atoms with Gasteiger partial charge in [-0.3, -0.25) is 9.59 Å². The fourth-order valence-electron chi connectivity index (χ4n) is 2.22. The lowest BCUT2D eigenvalue weighted by Crippen LogP contribution is -2.24. The first kappa shape index (κ1) is 11.2. The van der Waals surface area contributed by atoms with E-state index in [-0.39, 0.29) is 23.8 Å². The van der Waals surface area contributed by atoms with Crippen LogP contribution in [0.2, 0.25) is 0 Å². The van der Waals surface area contributed by atoms with Gasteiger partial charge in [0.2, 0.25) is 0 Å². The van der Waals surface area contributed by atoms with Crippen LogP contribution in [0.3, 0.4) is 0 Å². The third-order valence-electron chi connectivity index (χ3n) is 3.08. The van der Waals surface area contributed by atoms with Gasteiger partial charge in [0, 0.05) is 0 Å². The second-order valence-electron chi connectivity index (χ2n) is 4.01. The number of hydrogen-bond donors (Lipinski definition) is 0. The molecular formula is C11H18O3. The van der Waals surface area contributed by atoms with Gasteiger partial charge >= 0.3 is 11.9 Å². The van der Waals surface area contributed by atoms with Gasteiger partial charge in [0.15, 0.2) is 0 Å². The molecule has 1 rings (SSSR count). The van der Waals surface area contributed by atoms with E-state index in [1.807, 2.05) is 0 Å². The van der Waals surface area contributed by atoms with E-state index in [1.54, 1.807) is 6.92 Å². The lowest BCUT2D eigenvalue weighted by atomic mass is 9.80. The molecule has 0 N–H and O–H groups in total. The lowest BCUT2D eigenvalue weighted by molar-refractivity contribution is -0.154. The van der Waals surface area contributed by atoms with Crippen molar-refractivity contribution < 1.29 is 14.3 Å². The molecule has 0 saturated carbocycles. The molecule has 14 heavy (non-hydrogen) atoms. The zero-order chi connectivity index (χ0) is 10.7. The number of esters is 2. The summed E-state index contributed by atoms with van der Waals surface area (Å²) in [6, 6.07) is 0. The fourth-order valence-corrected chi connectivity index (χ4v) is 2.22. The van der Waals surface area contributed by atoms with Gasteiger partial charge in [-0.1, -0.05) is 33.6 Å². The second-order valence-corrected chi connectivity index (χ2v) is 4.01. The van der Waals surface area contributed by atoms with E-state index >= 15 is 0 Å². The molecule has 1 saturated heterocycles. The molecule has 1 aliphatic rings. The Labute approximate surface area is 84.8 Å². The van der Waals surface area contributed by atoms with Gasteiger partial charge in [0.25, 0.3) is 0 Å². The highest BCUT2D eigenvalue weighted by molar-refractivity contribution is 5.96. The van der Waals surface area contributed by atoms with Gasteiger partial charge in [-0.05, 0) is 12.3 Å². The molecule has 3 nitrogen and oxygen atoms in total. The van der Waals surface area contributed by atoms with Crippen LogP contribution in [0.1, 0.15) is 40.0 Å². The fraction of sp³-hybridized carbons (Fsp3) is 0.818. The van der Waals surface area contributed by atoms with Gasteiger partial charge < -0.3 is 4.74 Å². The molecule has 1 fully saturated rings. The molecule has 0 aromatic rings. The van der Waals surface area contributed by atoms with E-state index in [0.717, 1.165) is 19.3 Å². The summed E-state index contributed by atoms with van der Waals surface area (Å²) in [4.78, 5) is 22.6. The van der Waals surface area contributed by atoms with Crippen molar-refractivity contribution in [1.29, 1.82) is 0 Å². The first-order chi connectivity index (χ1) is 6.61. The summed E-state index contributed by atoms with van der Waals surface area (Å²) in [5.74, 6) is -0.822. The first-order valence-electron chi connectivity index (χ1n) is 5.37. The first-order valence-corrected chi connectivity index (χ1v) is 5.37. The van der Waals surface area contributed by atoms with Crippen LogP contribution in [0.5, 0.6) is 0 Å². The predicted molar refractivity (Wildman–Crippen MR) is 52.4 cm³/mol. The van der Waals surface area contributed by atoms with E-state index in [4.69, 9.17) is 0 Å². The minimum atomic E-state index is -0.352. The summed E-state index contributed by atoms with van der Waals surface area (Å²) < 4.78 is 4.64. The van der Waals surface area contributed by atoms with Crippen molar-refractivity contribution in [1.82, 2.24) is 0 Å². The average Bonchev–Trinajstić information content (AvgIpc) is 2.39. The van der Waals surface area contributed by atoms with Crippen LogP contribution in [0.4, 0.5) is 0 Å². The van der Waals surface area contributed by atoms with Crippen LogP contribution >= 0.6 is 0 Å². The van der Waals surface area contributed by atoms with Gasteiger partial charge in [-0.2, -0.15) is 0 Å². The normalized spacial score (nSPS) is 29.1. The van der Waals surface area contributed by atoms with Crippen LogP contribution in [0, 0.1) is 17.8 Å². The molecule has 1 heterocycles. The number of carbonyl (C=O) groups excluding carboxylic acids is 2. The monoisotopic (exact) mass is 198 g/mol. The Balaban J connectivity index is 2.73. The molecule has 3 atom stereocenters. The molecule has 0 radical (unpaired) electrons. The number of carbonyl (C=O) groups is 2. The van der Waals surface area contributed by atoms with Gasteiger partial charge in [-0.15, -0.1) is 0 Å². The Morgan fingerprint density at radius 3 is 2.29 bits per heavy atom. The average molecular weight is 198 g/mol. The molecule has 3 unspecified atom stereocenters. The van der Waals surface area contributed by atoms with E-state index < -0.39 is 0 Å². The van der Waals surface area contributed by atoms with Crippen LogP contribution in [0.15, 0.2) is 0 Å². The number of ether oxygens (including phenoxy) is 1. The van der Waals surface area contributed by atoms with Crippen molar-refractivity contribution in [3.63, 3.8) is 0 Å². The summed E-state index contributed by atoms with van der Waals surface area (Å²) in [7, 11) is 0. The summed E-state index contributed by atoms with van der Waals surface area (Å²) in [6.45, 7) is 5.94. The second kappa shape index (κ2) is 4.58. The number of rotatable bonds is 4. The van der Waals surface area contributed by atoms with Crippen LogP contribution in [-0.4, -0.2) is 11.9 Å². The summed E-state index contributed by atoms with van der Waals surface area (Å²) >= 11 is 0. The molecule has 0 spiro atoms. The predicted octanol–water partition coefficient (Wildman–Crippen LogP) is 2.15. The highest BCUT2D eigenvalue weighted by Gasteiger charge is 2.44. The van der Waals surface area contributed by atoms with Crippen molar-refractivity contribution in [2.75, 3.05) is 0 Å². The van der Waals surface area contributed by atoms with Crippen LogP contribution < -0.4 is 0 Å². The van der Waals surface area contributed by atoms with Crippen molar-refractivity contribution in [3.05, 3.63) is 0 Å². The maximum Gasteiger partial charge on any atom is 0.317 e. The zero-order valence-electron chi connectivity index (χ0n) is 9.08. The van der Waals surface area contributed by atoms with E-state index in [1.165, 1.54) is 0 Å². The van der Waals surface area contributed by atoms with Crippen molar-refractivity contribution in [2.24, 2.45) is 17.8 Å². The number of hydrogen-bond acceptors (Lipinski definition) is 3. The van der Waals surface area contributed by atoms with E-state index in [2.05, 4.69) is 18.6 Å². The SMILES string of the molecule is CCCC(CC)C1C(=O)OC(=O)C1C. The zero-order valence-corrected chi connectivity index (χ0v) is 9.08. The largest absolute Gasteiger partial charge is 0.393 e. The van der Waals surface area contributed by atoms with Gasteiger partial charge in [0.1, 0.15) is 0 Å². The van der Waals surface area contributed by atoms with Crippen molar-refractivity contribution in [2.45, 2.75) is 40.0 Å². The highest BCUT2D eigenvalue weighted by atomic mass is 16.6. The van der Waals surface area contributed by atoms with Gasteiger partial charge in [0.05, 0.1) is 11.8 Å². The quantitative estimate of drug-likeness (QED) is 0.513. The minimum Gasteiger partial charge on any atom is -0.393 e. The minimum absolute atomic E-state index is 0.201. The Hall–Kier alpha value is -0.860. The number of cyclic esters (lactones) is 2. The molecule has 0 aromatic heterocycles. The molecule has 1 aliphatic heterocycles. The molecule has 0 aliphatic carbocycles. The van der Waals surface area contributed by atoms with Crippen LogP contribution in [0.25, 0.3) is 0 Å². The van der Waals surface area contributed by atoms with E-state index in [9.17, 15) is 9.59 Å². The summed E-state index contributed by atoms with van der Waals surface area (Å²) in [5.41, 5.74) is 0. The standard InChI is InChI=1S/C11H18O3/c1-4-6-8(5-2)9-7(3)10(12)14-11(9)13/h7-9H,4-6H2,1-3H3. The Morgan fingerprint density at radius 1 is 1.29 bits per heavy atom. The molecule has 80 valence electrons. The van der Waals surface area contributed by atoms with Gasteiger partial charge in [-0.25, -0.2) is 0 Å². The Bertz CT molecular complexity index is 235. The van der Waals surface area contributed by atoms with Crippen LogP contribution in [-0.2, 0) is 14.3 Å². The molecular weight excluding hydrogens is 180 g/mol. The highest BCUT2D eigenvalue weighted by Crippen LogP contribution is 2.34. The summed E-state index contributed by atoms with van der Waals surface area (Å²) in [6.07, 6.45) is 2.97. The smallest absolute Gasteiger partial charge is 0.317 e. The maximum absolute atomic E-state index is 11.4. The molecule has 0 aromatic carbocycles. The van der Waals surface area contributed by atoms with Crippen molar-refractivity contribution in [3.8, 4) is 0 Å². The van der Waals surface area contributed by atoms with Crippen molar-refractivity contribution >= 4 is 11.9 Å². The lowest BCUT2D eigenvalue weighted by Gasteiger charge is -2.20. The van der Waals surface area contributed by atoms with E-state index in [0.29, 0.717) is 5.92 Å². The Kier molecular flexibility index (Phi) is 3.67. The topological polar surface area (TPSA) is 43.4 Å². The third kappa shape index (κ3) is 1.97. The molecule has 3 heteroatoms. The maximum atomic E-state index is 11.4. The molecule has 0 amide bonds. The molecule has 0 bridgehead atoms. The summed E-state index contributed by atoms with van der Waals surface area (Å²) in [5, 5.41) is 0.